The molecule has 0 radical (unpaired) electrons. The number of rotatable bonds is 5. The van der Waals surface area contributed by atoms with Gasteiger partial charge in [0, 0.05) is 17.6 Å². The minimum Gasteiger partial charge on any atom is -0.314 e. The van der Waals surface area contributed by atoms with Crippen molar-refractivity contribution in [2.75, 3.05) is 13.1 Å². The van der Waals surface area contributed by atoms with Crippen LogP contribution in [0.5, 0.6) is 0 Å². The van der Waals surface area contributed by atoms with Crippen LogP contribution in [0.25, 0.3) is 0 Å². The van der Waals surface area contributed by atoms with E-state index in [9.17, 15) is 8.42 Å². The Morgan fingerprint density at radius 3 is 2.58 bits per heavy atom. The molecule has 0 aromatic heterocycles. The lowest BCUT2D eigenvalue weighted by Crippen LogP contribution is -2.30. The summed E-state index contributed by atoms with van der Waals surface area (Å²) < 4.78 is 26.5. The molecular weight excluding hydrogens is 307 g/mol. The monoisotopic (exact) mass is 324 g/mol. The molecule has 108 valence electrons. The van der Waals surface area contributed by atoms with Crippen LogP contribution in [-0.2, 0) is 10.0 Å². The van der Waals surface area contributed by atoms with Gasteiger partial charge >= 0.3 is 0 Å². The number of hydrogen-bond donors (Lipinski definition) is 2. The van der Waals surface area contributed by atoms with Crippen LogP contribution in [0, 0.1) is 0 Å². The van der Waals surface area contributed by atoms with Gasteiger partial charge in [0.1, 0.15) is 0 Å². The first-order valence-corrected chi connectivity index (χ1v) is 7.93. The molecule has 0 saturated carbocycles. The Hall–Kier alpha value is -0.330. The molecule has 0 aliphatic carbocycles. The first-order chi connectivity index (χ1) is 8.58. The number of halogens is 2. The van der Waals surface area contributed by atoms with E-state index in [-0.39, 0.29) is 17.3 Å². The van der Waals surface area contributed by atoms with Crippen molar-refractivity contribution in [2.24, 2.45) is 0 Å². The fraction of sp³-hybridized carbons (Fsp3) is 0.500. The highest BCUT2D eigenvalue weighted by atomic mass is 35.5. The zero-order chi connectivity index (χ0) is 13.0. The highest BCUT2D eigenvalue weighted by Gasteiger charge is 2.16. The number of nitrogens with one attached hydrogen (secondary N) is 2. The first-order valence-electron chi connectivity index (χ1n) is 6.06. The summed E-state index contributed by atoms with van der Waals surface area (Å²) in [5, 5.41) is 3.87. The molecule has 1 aromatic rings. The third-order valence-corrected chi connectivity index (χ3v) is 4.80. The van der Waals surface area contributed by atoms with Gasteiger partial charge in [-0.25, -0.2) is 13.1 Å². The van der Waals surface area contributed by atoms with Gasteiger partial charge in [-0.1, -0.05) is 11.6 Å². The summed E-state index contributed by atoms with van der Waals surface area (Å²) in [4.78, 5) is 0.256. The van der Waals surface area contributed by atoms with Crippen LogP contribution < -0.4 is 10.0 Å². The molecule has 0 amide bonds. The van der Waals surface area contributed by atoms with E-state index in [2.05, 4.69) is 10.0 Å². The van der Waals surface area contributed by atoms with Gasteiger partial charge in [-0.3, -0.25) is 0 Å². The summed E-state index contributed by atoms with van der Waals surface area (Å²) in [5.74, 6) is 0. The standard InChI is InChI=1S/C12H17ClN2O2S.ClH/c13-10-3-5-12(6-4-10)18(16,17)15-9-7-11-2-1-8-14-11;/h3-6,11,14-15H,1-2,7-9H2;1H/t11-;/m1./s1. The predicted molar refractivity (Wildman–Crippen MR) is 79.5 cm³/mol. The maximum Gasteiger partial charge on any atom is 0.240 e. The molecule has 0 unspecified atom stereocenters. The van der Waals surface area contributed by atoms with Gasteiger partial charge in [-0.15, -0.1) is 12.4 Å². The van der Waals surface area contributed by atoms with Gasteiger partial charge in [0.15, 0.2) is 0 Å². The second kappa shape index (κ2) is 7.45. The third-order valence-electron chi connectivity index (χ3n) is 3.07. The van der Waals surface area contributed by atoms with E-state index in [4.69, 9.17) is 11.6 Å². The van der Waals surface area contributed by atoms with Crippen molar-refractivity contribution in [1.82, 2.24) is 10.0 Å². The topological polar surface area (TPSA) is 58.2 Å². The molecule has 19 heavy (non-hydrogen) atoms. The number of benzene rings is 1. The minimum absolute atomic E-state index is 0. The van der Waals surface area contributed by atoms with E-state index in [1.165, 1.54) is 18.6 Å². The fourth-order valence-electron chi connectivity index (χ4n) is 2.07. The lowest BCUT2D eigenvalue weighted by molar-refractivity contribution is 0.539. The molecule has 1 atom stereocenters. The Bertz CT molecular complexity index is 485. The van der Waals surface area contributed by atoms with Crippen LogP contribution in [0.1, 0.15) is 19.3 Å². The molecular formula is C12H18Cl2N2O2S. The quantitative estimate of drug-likeness (QED) is 0.872. The molecule has 1 heterocycles. The molecule has 4 nitrogen and oxygen atoms in total. The number of sulfonamides is 1. The zero-order valence-corrected chi connectivity index (χ0v) is 12.8. The van der Waals surface area contributed by atoms with Gasteiger partial charge < -0.3 is 5.32 Å². The molecule has 1 fully saturated rings. The summed E-state index contributed by atoms with van der Waals surface area (Å²) in [6.45, 7) is 1.50. The highest BCUT2D eigenvalue weighted by Crippen LogP contribution is 2.14. The fourth-order valence-corrected chi connectivity index (χ4v) is 3.24. The van der Waals surface area contributed by atoms with Crippen molar-refractivity contribution >= 4 is 34.0 Å². The summed E-state index contributed by atoms with van der Waals surface area (Å²) in [7, 11) is -3.41. The van der Waals surface area contributed by atoms with E-state index in [1.54, 1.807) is 12.1 Å². The van der Waals surface area contributed by atoms with Gasteiger partial charge in [0.2, 0.25) is 10.0 Å². The Labute approximate surface area is 125 Å². The summed E-state index contributed by atoms with van der Waals surface area (Å²) >= 11 is 5.73. The van der Waals surface area contributed by atoms with Crippen molar-refractivity contribution in [2.45, 2.75) is 30.2 Å². The van der Waals surface area contributed by atoms with E-state index in [1.807, 2.05) is 0 Å². The smallest absolute Gasteiger partial charge is 0.240 e. The normalized spacial score (nSPS) is 19.1. The van der Waals surface area contributed by atoms with Gasteiger partial charge in [-0.2, -0.15) is 0 Å². The average molecular weight is 325 g/mol. The van der Waals surface area contributed by atoms with Crippen LogP contribution in [0.15, 0.2) is 29.2 Å². The van der Waals surface area contributed by atoms with Crippen molar-refractivity contribution in [3.8, 4) is 0 Å². The zero-order valence-electron chi connectivity index (χ0n) is 10.4. The Kier molecular flexibility index (Phi) is 6.56. The van der Waals surface area contributed by atoms with E-state index in [0.717, 1.165) is 19.4 Å². The van der Waals surface area contributed by atoms with Crippen LogP contribution in [0.2, 0.25) is 5.02 Å². The Morgan fingerprint density at radius 1 is 1.32 bits per heavy atom. The SMILES string of the molecule is Cl.O=S(=O)(NCC[C@H]1CCCN1)c1ccc(Cl)cc1. The molecule has 1 saturated heterocycles. The predicted octanol–water partition coefficient (Wildman–Crippen LogP) is 2.18. The van der Waals surface area contributed by atoms with Crippen molar-refractivity contribution in [3.63, 3.8) is 0 Å². The third kappa shape index (κ3) is 4.93. The second-order valence-corrected chi connectivity index (χ2v) is 6.64. The maximum absolute atomic E-state index is 11.9. The maximum atomic E-state index is 11.9. The molecule has 1 aliphatic rings. The Morgan fingerprint density at radius 2 is 2.00 bits per heavy atom. The van der Waals surface area contributed by atoms with Gasteiger partial charge in [0.05, 0.1) is 4.90 Å². The molecule has 0 bridgehead atoms. The minimum atomic E-state index is -3.41. The summed E-state index contributed by atoms with van der Waals surface area (Å²) in [6.07, 6.45) is 3.13. The summed E-state index contributed by atoms with van der Waals surface area (Å²) in [6, 6.07) is 6.62. The first kappa shape index (κ1) is 16.7. The molecule has 1 aliphatic heterocycles. The largest absolute Gasteiger partial charge is 0.314 e. The molecule has 7 heteroatoms. The van der Waals surface area contributed by atoms with E-state index < -0.39 is 10.0 Å². The van der Waals surface area contributed by atoms with Crippen molar-refractivity contribution < 1.29 is 8.42 Å². The molecule has 1 aromatic carbocycles. The highest BCUT2D eigenvalue weighted by molar-refractivity contribution is 7.89. The van der Waals surface area contributed by atoms with Crippen LogP contribution >= 0.6 is 24.0 Å². The van der Waals surface area contributed by atoms with Crippen molar-refractivity contribution in [3.05, 3.63) is 29.3 Å². The molecule has 2 N–H and O–H groups in total. The van der Waals surface area contributed by atoms with Crippen LogP contribution in [-0.4, -0.2) is 27.5 Å². The molecule has 2 rings (SSSR count). The second-order valence-electron chi connectivity index (χ2n) is 4.43. The average Bonchev–Trinajstić information content (AvgIpc) is 2.82. The van der Waals surface area contributed by atoms with Gasteiger partial charge in [0.25, 0.3) is 0 Å². The Balaban J connectivity index is 0.00000180. The summed E-state index contributed by atoms with van der Waals surface area (Å²) in [5.41, 5.74) is 0. The van der Waals surface area contributed by atoms with Crippen LogP contribution in [0.3, 0.4) is 0 Å². The van der Waals surface area contributed by atoms with Gasteiger partial charge in [-0.05, 0) is 50.1 Å². The van der Waals surface area contributed by atoms with Crippen molar-refractivity contribution in [1.29, 1.82) is 0 Å². The molecule has 0 spiro atoms. The van der Waals surface area contributed by atoms with E-state index >= 15 is 0 Å². The van der Waals surface area contributed by atoms with E-state index in [0.29, 0.717) is 17.6 Å². The lowest BCUT2D eigenvalue weighted by Gasteiger charge is -2.11. The number of hydrogen-bond acceptors (Lipinski definition) is 3. The lowest BCUT2D eigenvalue weighted by atomic mass is 10.2. The van der Waals surface area contributed by atoms with Crippen LogP contribution in [0.4, 0.5) is 0 Å².